The van der Waals surface area contributed by atoms with E-state index in [0.29, 0.717) is 30.0 Å². The Hall–Kier alpha value is -3.51. The van der Waals surface area contributed by atoms with Gasteiger partial charge < -0.3 is 15.4 Å². The Bertz CT molecular complexity index is 1430. The Labute approximate surface area is 213 Å². The fourth-order valence-corrected chi connectivity index (χ4v) is 5.90. The van der Waals surface area contributed by atoms with Gasteiger partial charge in [0.2, 0.25) is 15.8 Å². The molecule has 0 atom stereocenters. The molecule has 3 aromatic rings. The Morgan fingerprint density at radius 1 is 1.00 bits per heavy atom. The third kappa shape index (κ3) is 5.44. The standard InChI is InChI=1S/C25H27F2N5O4S/c26-18-12-19(27)14-21(13-18)32-25(33)24(36-22-2-1-3-22)23(15-29-32)30-8-10-31(11-9-30)37(34,35)16-17-4-6-20(28)7-5-17/h4-7,12-15,22H,1-3,8-11,16,28H2. The highest BCUT2D eigenvalue weighted by Gasteiger charge is 2.31. The predicted octanol–water partition coefficient (Wildman–Crippen LogP) is 2.68. The number of hydrogen-bond acceptors (Lipinski definition) is 7. The maximum absolute atomic E-state index is 13.8. The molecule has 2 heterocycles. The summed E-state index contributed by atoms with van der Waals surface area (Å²) in [5.41, 5.74) is 6.65. The van der Waals surface area contributed by atoms with Crippen LogP contribution in [0, 0.1) is 11.6 Å². The maximum atomic E-state index is 13.8. The smallest absolute Gasteiger partial charge is 0.316 e. The second kappa shape index (κ2) is 10.1. The number of piperazine rings is 1. The second-order valence-corrected chi connectivity index (χ2v) is 11.2. The summed E-state index contributed by atoms with van der Waals surface area (Å²) < 4.78 is 61.9. The van der Waals surface area contributed by atoms with Crippen LogP contribution < -0.4 is 20.9 Å². The zero-order chi connectivity index (χ0) is 26.2. The van der Waals surface area contributed by atoms with E-state index in [1.807, 2.05) is 4.90 Å². The van der Waals surface area contributed by atoms with Crippen LogP contribution in [-0.2, 0) is 15.8 Å². The van der Waals surface area contributed by atoms with Gasteiger partial charge in [0.25, 0.3) is 0 Å². The van der Waals surface area contributed by atoms with Gasteiger partial charge in [-0.25, -0.2) is 17.2 Å². The van der Waals surface area contributed by atoms with E-state index in [1.165, 1.54) is 10.5 Å². The highest BCUT2D eigenvalue weighted by atomic mass is 32.2. The van der Waals surface area contributed by atoms with Crippen molar-refractivity contribution in [2.24, 2.45) is 0 Å². The summed E-state index contributed by atoms with van der Waals surface area (Å²) in [6.45, 7) is 1.08. The van der Waals surface area contributed by atoms with Crippen molar-refractivity contribution in [3.63, 3.8) is 0 Å². The van der Waals surface area contributed by atoms with Gasteiger partial charge in [-0.05, 0) is 49.1 Å². The molecule has 12 heteroatoms. The topological polar surface area (TPSA) is 111 Å². The molecule has 9 nitrogen and oxygen atoms in total. The molecule has 1 aliphatic carbocycles. The first-order valence-electron chi connectivity index (χ1n) is 12.0. The molecule has 196 valence electrons. The fraction of sp³-hybridized carbons (Fsp3) is 0.360. The van der Waals surface area contributed by atoms with E-state index in [9.17, 15) is 22.0 Å². The van der Waals surface area contributed by atoms with E-state index < -0.39 is 27.2 Å². The van der Waals surface area contributed by atoms with E-state index in [1.54, 1.807) is 24.3 Å². The lowest BCUT2D eigenvalue weighted by Crippen LogP contribution is -2.49. The van der Waals surface area contributed by atoms with Gasteiger partial charge in [0.05, 0.1) is 23.7 Å². The molecule has 0 unspecified atom stereocenters. The molecular formula is C25H27F2N5O4S. The van der Waals surface area contributed by atoms with Gasteiger partial charge in [0.1, 0.15) is 17.3 Å². The molecule has 5 rings (SSSR count). The number of nitrogens with two attached hydrogens (primary N) is 1. The third-order valence-electron chi connectivity index (χ3n) is 6.64. The van der Waals surface area contributed by atoms with Gasteiger partial charge >= 0.3 is 5.56 Å². The average Bonchev–Trinajstić information content (AvgIpc) is 2.83. The Balaban J connectivity index is 1.38. The highest BCUT2D eigenvalue weighted by Crippen LogP contribution is 2.31. The number of anilines is 2. The third-order valence-corrected chi connectivity index (χ3v) is 8.49. The number of benzene rings is 2. The minimum atomic E-state index is -3.56. The van der Waals surface area contributed by atoms with Crippen molar-refractivity contribution in [1.82, 2.24) is 14.1 Å². The van der Waals surface area contributed by atoms with E-state index in [2.05, 4.69) is 5.10 Å². The van der Waals surface area contributed by atoms with Crippen molar-refractivity contribution in [3.8, 4) is 11.4 Å². The molecule has 0 amide bonds. The number of hydrogen-bond donors (Lipinski definition) is 1. The van der Waals surface area contributed by atoms with Gasteiger partial charge in [0.15, 0.2) is 0 Å². The molecule has 0 radical (unpaired) electrons. The van der Waals surface area contributed by atoms with Crippen LogP contribution in [-0.4, -0.2) is 54.8 Å². The Kier molecular flexibility index (Phi) is 6.86. The number of aromatic nitrogens is 2. The van der Waals surface area contributed by atoms with Crippen LogP contribution in [0.25, 0.3) is 5.69 Å². The van der Waals surface area contributed by atoms with Gasteiger partial charge in [-0.3, -0.25) is 4.79 Å². The SMILES string of the molecule is Nc1ccc(CS(=O)(=O)N2CCN(c3cnn(-c4cc(F)cc(F)c4)c(=O)c3OC3CCC3)CC2)cc1. The molecule has 2 aromatic carbocycles. The average molecular weight is 532 g/mol. The van der Waals surface area contributed by atoms with Crippen LogP contribution in [0.5, 0.6) is 5.75 Å². The van der Waals surface area contributed by atoms with E-state index in [0.717, 1.165) is 42.1 Å². The van der Waals surface area contributed by atoms with E-state index in [-0.39, 0.29) is 36.4 Å². The summed E-state index contributed by atoms with van der Waals surface area (Å²) >= 11 is 0. The highest BCUT2D eigenvalue weighted by molar-refractivity contribution is 7.88. The normalized spacial score (nSPS) is 17.0. The van der Waals surface area contributed by atoms with E-state index in [4.69, 9.17) is 10.5 Å². The predicted molar refractivity (Wildman–Crippen MR) is 135 cm³/mol. The minimum Gasteiger partial charge on any atom is -0.483 e. The molecule has 1 saturated carbocycles. The zero-order valence-electron chi connectivity index (χ0n) is 20.0. The molecule has 2 fully saturated rings. The van der Waals surface area contributed by atoms with Crippen molar-refractivity contribution < 1.29 is 21.9 Å². The van der Waals surface area contributed by atoms with Gasteiger partial charge in [-0.15, -0.1) is 0 Å². The molecule has 0 spiro atoms. The molecule has 2 N–H and O–H groups in total. The summed E-state index contributed by atoms with van der Waals surface area (Å²) in [6.07, 6.45) is 3.88. The van der Waals surface area contributed by atoms with Gasteiger partial charge in [-0.1, -0.05) is 12.1 Å². The number of halogens is 2. The molecule has 1 aliphatic heterocycles. The fourth-order valence-electron chi connectivity index (χ4n) is 4.39. The van der Waals surface area contributed by atoms with Crippen LogP contribution in [0.15, 0.2) is 53.5 Å². The molecular weight excluding hydrogens is 504 g/mol. The Morgan fingerprint density at radius 2 is 1.65 bits per heavy atom. The monoisotopic (exact) mass is 531 g/mol. The van der Waals surface area contributed by atoms with Crippen molar-refractivity contribution >= 4 is 21.4 Å². The largest absolute Gasteiger partial charge is 0.483 e. The quantitative estimate of drug-likeness (QED) is 0.467. The number of ether oxygens (including phenoxy) is 1. The number of rotatable bonds is 7. The maximum Gasteiger partial charge on any atom is 0.316 e. The zero-order valence-corrected chi connectivity index (χ0v) is 20.8. The number of nitrogen functional groups attached to an aromatic ring is 1. The van der Waals surface area contributed by atoms with Crippen LogP contribution in [0.3, 0.4) is 0 Å². The molecule has 37 heavy (non-hydrogen) atoms. The van der Waals surface area contributed by atoms with Crippen LogP contribution in [0.2, 0.25) is 0 Å². The van der Waals surface area contributed by atoms with Crippen molar-refractivity contribution in [2.75, 3.05) is 36.8 Å². The molecule has 1 aromatic heterocycles. The summed E-state index contributed by atoms with van der Waals surface area (Å²) in [5.74, 6) is -1.75. The number of nitrogens with zero attached hydrogens (tertiary/aromatic N) is 4. The Morgan fingerprint density at radius 3 is 2.24 bits per heavy atom. The summed E-state index contributed by atoms with van der Waals surface area (Å²) in [4.78, 5) is 15.2. The second-order valence-electron chi connectivity index (χ2n) is 9.26. The van der Waals surface area contributed by atoms with Crippen LogP contribution in [0.1, 0.15) is 24.8 Å². The van der Waals surface area contributed by atoms with Crippen LogP contribution in [0.4, 0.5) is 20.2 Å². The summed E-state index contributed by atoms with van der Waals surface area (Å²) in [5, 5.41) is 4.16. The molecule has 2 aliphatic rings. The first-order chi connectivity index (χ1) is 17.7. The minimum absolute atomic E-state index is 0.0440. The molecule has 1 saturated heterocycles. The lowest BCUT2D eigenvalue weighted by molar-refractivity contribution is 0.118. The van der Waals surface area contributed by atoms with Crippen molar-refractivity contribution in [2.45, 2.75) is 31.1 Å². The van der Waals surface area contributed by atoms with Crippen molar-refractivity contribution in [3.05, 3.63) is 76.2 Å². The lowest BCUT2D eigenvalue weighted by atomic mass is 9.96. The van der Waals surface area contributed by atoms with Gasteiger partial charge in [-0.2, -0.15) is 14.1 Å². The summed E-state index contributed by atoms with van der Waals surface area (Å²) in [7, 11) is -3.56. The first-order valence-corrected chi connectivity index (χ1v) is 13.6. The van der Waals surface area contributed by atoms with Crippen LogP contribution >= 0.6 is 0 Å². The van der Waals surface area contributed by atoms with Crippen molar-refractivity contribution in [1.29, 1.82) is 0 Å². The molecule has 0 bridgehead atoms. The van der Waals surface area contributed by atoms with Gasteiger partial charge in [0, 0.05) is 37.9 Å². The summed E-state index contributed by atoms with van der Waals surface area (Å²) in [6, 6.07) is 9.48. The first kappa shape index (κ1) is 25.2. The van der Waals surface area contributed by atoms with E-state index >= 15 is 0 Å². The number of sulfonamides is 1. The lowest BCUT2D eigenvalue weighted by Gasteiger charge is -2.36.